The van der Waals surface area contributed by atoms with Gasteiger partial charge in [-0.05, 0) is 30.9 Å². The predicted molar refractivity (Wildman–Crippen MR) is 97.7 cm³/mol. The molecular formula is C19H30N4O2. The highest BCUT2D eigenvalue weighted by Crippen LogP contribution is 2.26. The summed E-state index contributed by atoms with van der Waals surface area (Å²) in [5.74, 6) is 1.72. The lowest BCUT2D eigenvalue weighted by Crippen LogP contribution is -2.42. The maximum atomic E-state index is 12.4. The summed E-state index contributed by atoms with van der Waals surface area (Å²) in [6, 6.07) is 4.16. The largest absolute Gasteiger partial charge is 0.378 e. The number of amides is 1. The molecule has 138 valence electrons. The van der Waals surface area contributed by atoms with Gasteiger partial charge in [-0.2, -0.15) is 5.10 Å². The smallest absolute Gasteiger partial charge is 0.223 e. The second-order valence-electron chi connectivity index (χ2n) is 8.15. The van der Waals surface area contributed by atoms with E-state index in [-0.39, 0.29) is 11.3 Å². The first-order chi connectivity index (χ1) is 11.9. The molecule has 0 radical (unpaired) electrons. The molecule has 2 fully saturated rings. The first-order valence-corrected chi connectivity index (χ1v) is 9.38. The summed E-state index contributed by atoms with van der Waals surface area (Å²) >= 11 is 0. The molecule has 1 aromatic rings. The van der Waals surface area contributed by atoms with Crippen LogP contribution in [0.25, 0.3) is 0 Å². The Morgan fingerprint density at radius 3 is 2.36 bits per heavy atom. The molecule has 2 aliphatic rings. The van der Waals surface area contributed by atoms with Gasteiger partial charge in [0, 0.05) is 38.0 Å². The number of ether oxygens (including phenoxy) is 1. The highest BCUT2D eigenvalue weighted by Gasteiger charge is 2.26. The number of carbonyl (C=O) groups is 1. The van der Waals surface area contributed by atoms with Crippen molar-refractivity contribution in [3.63, 3.8) is 0 Å². The average molecular weight is 346 g/mol. The van der Waals surface area contributed by atoms with Crippen LogP contribution in [-0.2, 0) is 14.9 Å². The quantitative estimate of drug-likeness (QED) is 0.840. The molecule has 0 aromatic carbocycles. The Morgan fingerprint density at radius 2 is 1.80 bits per heavy atom. The van der Waals surface area contributed by atoms with Crippen LogP contribution in [0.15, 0.2) is 12.1 Å². The average Bonchev–Trinajstić information content (AvgIpc) is 2.62. The van der Waals surface area contributed by atoms with Crippen LogP contribution in [0.3, 0.4) is 0 Å². The molecule has 0 bridgehead atoms. The number of carbonyl (C=O) groups excluding carboxylic acids is 1. The van der Waals surface area contributed by atoms with Gasteiger partial charge in [-0.25, -0.2) is 0 Å². The molecule has 3 rings (SSSR count). The van der Waals surface area contributed by atoms with Gasteiger partial charge in [0.05, 0.1) is 18.9 Å². The van der Waals surface area contributed by atoms with Crippen molar-refractivity contribution in [1.29, 1.82) is 0 Å². The SMILES string of the molecule is CC(C)(C)c1ccc(N2CCC(CC(=O)N3CCOCC3)CC2)nn1. The molecular weight excluding hydrogens is 316 g/mol. The first kappa shape index (κ1) is 18.1. The molecule has 0 N–H and O–H groups in total. The zero-order chi connectivity index (χ0) is 17.9. The number of morpholine rings is 1. The third-order valence-electron chi connectivity index (χ3n) is 5.18. The minimum absolute atomic E-state index is 0.0262. The Bertz CT molecular complexity index is 568. The van der Waals surface area contributed by atoms with Crippen LogP contribution in [0.2, 0.25) is 0 Å². The van der Waals surface area contributed by atoms with Gasteiger partial charge in [-0.3, -0.25) is 4.79 Å². The van der Waals surface area contributed by atoms with Crippen molar-refractivity contribution in [1.82, 2.24) is 15.1 Å². The maximum Gasteiger partial charge on any atom is 0.223 e. The number of aromatic nitrogens is 2. The zero-order valence-corrected chi connectivity index (χ0v) is 15.7. The minimum atomic E-state index is 0.0262. The fraction of sp³-hybridized carbons (Fsp3) is 0.737. The molecule has 6 heteroatoms. The summed E-state index contributed by atoms with van der Waals surface area (Å²) < 4.78 is 5.32. The molecule has 0 spiro atoms. The normalized spacial score (nSPS) is 20.0. The Kier molecular flexibility index (Phi) is 5.57. The van der Waals surface area contributed by atoms with Gasteiger partial charge < -0.3 is 14.5 Å². The van der Waals surface area contributed by atoms with Crippen LogP contribution in [0.1, 0.15) is 45.7 Å². The number of hydrogen-bond acceptors (Lipinski definition) is 5. The van der Waals surface area contributed by atoms with E-state index in [9.17, 15) is 4.79 Å². The van der Waals surface area contributed by atoms with Crippen LogP contribution >= 0.6 is 0 Å². The lowest BCUT2D eigenvalue weighted by molar-refractivity contribution is -0.136. The van der Waals surface area contributed by atoms with Gasteiger partial charge >= 0.3 is 0 Å². The van der Waals surface area contributed by atoms with E-state index in [1.54, 1.807) is 0 Å². The molecule has 0 unspecified atom stereocenters. The summed E-state index contributed by atoms with van der Waals surface area (Å²) in [6.07, 6.45) is 2.75. The second-order valence-corrected chi connectivity index (χ2v) is 8.15. The second kappa shape index (κ2) is 7.68. The number of rotatable bonds is 3. The summed E-state index contributed by atoms with van der Waals surface area (Å²) in [7, 11) is 0. The molecule has 25 heavy (non-hydrogen) atoms. The van der Waals surface area contributed by atoms with Crippen LogP contribution in [0, 0.1) is 5.92 Å². The van der Waals surface area contributed by atoms with E-state index in [0.717, 1.165) is 50.5 Å². The van der Waals surface area contributed by atoms with Gasteiger partial charge in [0.1, 0.15) is 0 Å². The third-order valence-corrected chi connectivity index (χ3v) is 5.18. The molecule has 0 atom stereocenters. The van der Waals surface area contributed by atoms with Crippen molar-refractivity contribution in [3.05, 3.63) is 17.8 Å². The van der Waals surface area contributed by atoms with Crippen LogP contribution in [-0.4, -0.2) is 60.4 Å². The van der Waals surface area contributed by atoms with E-state index in [1.807, 2.05) is 4.90 Å². The highest BCUT2D eigenvalue weighted by molar-refractivity contribution is 5.76. The molecule has 1 amide bonds. The van der Waals surface area contributed by atoms with Crippen LogP contribution in [0.4, 0.5) is 5.82 Å². The fourth-order valence-electron chi connectivity index (χ4n) is 3.45. The monoisotopic (exact) mass is 346 g/mol. The van der Waals surface area contributed by atoms with E-state index in [2.05, 4.69) is 48.0 Å². The summed E-state index contributed by atoms with van der Waals surface area (Å²) in [4.78, 5) is 16.6. The Labute approximate surface area is 150 Å². The van der Waals surface area contributed by atoms with Crippen molar-refractivity contribution in [2.75, 3.05) is 44.3 Å². The minimum Gasteiger partial charge on any atom is -0.378 e. The zero-order valence-electron chi connectivity index (χ0n) is 15.7. The molecule has 6 nitrogen and oxygen atoms in total. The van der Waals surface area contributed by atoms with Gasteiger partial charge in [0.25, 0.3) is 0 Å². The summed E-state index contributed by atoms with van der Waals surface area (Å²) in [5, 5.41) is 8.80. The van der Waals surface area contributed by atoms with Crippen LogP contribution < -0.4 is 4.90 Å². The lowest BCUT2D eigenvalue weighted by Gasteiger charge is -2.34. The first-order valence-electron chi connectivity index (χ1n) is 9.38. The van der Waals surface area contributed by atoms with Gasteiger partial charge in [0.2, 0.25) is 5.91 Å². The van der Waals surface area contributed by atoms with Crippen LogP contribution in [0.5, 0.6) is 0 Å². The maximum absolute atomic E-state index is 12.4. The van der Waals surface area contributed by atoms with Crippen molar-refractivity contribution < 1.29 is 9.53 Å². The van der Waals surface area contributed by atoms with E-state index < -0.39 is 0 Å². The van der Waals surface area contributed by atoms with E-state index in [4.69, 9.17) is 4.74 Å². The Morgan fingerprint density at radius 1 is 1.12 bits per heavy atom. The third kappa shape index (κ3) is 4.69. The number of nitrogens with zero attached hydrogens (tertiary/aromatic N) is 4. The summed E-state index contributed by atoms with van der Waals surface area (Å²) in [6.45, 7) is 11.2. The summed E-state index contributed by atoms with van der Waals surface area (Å²) in [5.41, 5.74) is 1.04. The topological polar surface area (TPSA) is 58.6 Å². The molecule has 1 aromatic heterocycles. The molecule has 3 heterocycles. The van der Waals surface area contributed by atoms with E-state index in [1.165, 1.54) is 0 Å². The van der Waals surface area contributed by atoms with Gasteiger partial charge in [-0.1, -0.05) is 20.8 Å². The van der Waals surface area contributed by atoms with Crippen molar-refractivity contribution in [2.24, 2.45) is 5.92 Å². The van der Waals surface area contributed by atoms with Gasteiger partial charge in [-0.15, -0.1) is 5.10 Å². The molecule has 0 saturated carbocycles. The molecule has 0 aliphatic carbocycles. The number of anilines is 1. The van der Waals surface area contributed by atoms with Gasteiger partial charge in [0.15, 0.2) is 5.82 Å². The molecule has 2 aliphatic heterocycles. The van der Waals surface area contributed by atoms with E-state index in [0.29, 0.717) is 25.6 Å². The Balaban J connectivity index is 1.49. The highest BCUT2D eigenvalue weighted by atomic mass is 16.5. The lowest BCUT2D eigenvalue weighted by atomic mass is 9.92. The standard InChI is InChI=1S/C19H30N4O2/c1-19(2,3)16-4-5-17(21-20-16)22-8-6-15(7-9-22)14-18(24)23-10-12-25-13-11-23/h4-5,15H,6-14H2,1-3H3. The van der Waals surface area contributed by atoms with E-state index >= 15 is 0 Å². The predicted octanol–water partition coefficient (Wildman–Crippen LogP) is 2.24. The van der Waals surface area contributed by atoms with Crippen molar-refractivity contribution >= 4 is 11.7 Å². The van der Waals surface area contributed by atoms with Crippen molar-refractivity contribution in [2.45, 2.75) is 45.4 Å². The molecule has 2 saturated heterocycles. The fourth-order valence-corrected chi connectivity index (χ4v) is 3.45. The Hall–Kier alpha value is -1.69. The number of hydrogen-bond donors (Lipinski definition) is 0. The number of piperidine rings is 1. The van der Waals surface area contributed by atoms with Crippen molar-refractivity contribution in [3.8, 4) is 0 Å².